The Kier molecular flexibility index (Phi) is 3.06. The zero-order valence-corrected chi connectivity index (χ0v) is 10.9. The maximum absolute atomic E-state index is 11.9. The molecule has 2 radical (unpaired) electrons. The molecule has 0 atom stereocenters. The van der Waals surface area contributed by atoms with E-state index in [1.54, 1.807) is 18.2 Å². The lowest BCUT2D eigenvalue weighted by Gasteiger charge is -2.04. The highest BCUT2D eigenvalue weighted by atomic mass is 16.1. The fraction of sp³-hybridized carbons (Fsp3) is 0.143. The molecule has 96 valence electrons. The first-order chi connectivity index (χ1) is 9.61. The summed E-state index contributed by atoms with van der Waals surface area (Å²) in [6.45, 7) is 1.86. The molecule has 1 aliphatic rings. The van der Waals surface area contributed by atoms with Crippen LogP contribution >= 0.6 is 0 Å². The molecule has 0 fully saturated rings. The summed E-state index contributed by atoms with van der Waals surface area (Å²) in [6.07, 6.45) is 0.159. The number of carbonyl (C=O) groups is 1. The van der Waals surface area contributed by atoms with Gasteiger partial charge in [-0.3, -0.25) is 4.79 Å². The normalized spacial score (nSPS) is 14.1. The first-order valence-electron chi connectivity index (χ1n) is 6.19. The predicted octanol–water partition coefficient (Wildman–Crippen LogP) is 1.04. The molecule has 6 heteroatoms. The molecule has 1 aliphatic heterocycles. The zero-order chi connectivity index (χ0) is 14.1. The number of benzene rings is 1. The summed E-state index contributed by atoms with van der Waals surface area (Å²) in [5, 5.41) is 10.9. The second kappa shape index (κ2) is 4.88. The topological polar surface area (TPSA) is 67.2 Å². The highest BCUT2D eigenvalue weighted by Gasteiger charge is 2.18. The number of nitrogens with one attached hydrogen (secondary N) is 1. The van der Waals surface area contributed by atoms with E-state index < -0.39 is 0 Å². The van der Waals surface area contributed by atoms with Gasteiger partial charge in [-0.05, 0) is 31.2 Å². The lowest BCUT2D eigenvalue weighted by molar-refractivity contribution is -0.115. The van der Waals surface area contributed by atoms with Crippen LogP contribution in [0, 0.1) is 6.92 Å². The molecule has 0 spiro atoms. The summed E-state index contributed by atoms with van der Waals surface area (Å²) in [5.74, 6) is -0.143. The minimum absolute atomic E-state index is 0.143. The lowest BCUT2D eigenvalue weighted by atomic mass is 9.95. The molecule has 2 aromatic rings. The van der Waals surface area contributed by atoms with E-state index in [1.807, 2.05) is 19.1 Å². The Balaban J connectivity index is 2.08. The summed E-state index contributed by atoms with van der Waals surface area (Å²) < 4.78 is 0. The van der Waals surface area contributed by atoms with Crippen molar-refractivity contribution >= 4 is 36.3 Å². The van der Waals surface area contributed by atoms with Gasteiger partial charge in [0.25, 0.3) is 0 Å². The fourth-order valence-corrected chi connectivity index (χ4v) is 1.98. The fourth-order valence-electron chi connectivity index (χ4n) is 1.98. The summed E-state index contributed by atoms with van der Waals surface area (Å²) in [6, 6.07) is 8.88. The molecule has 0 saturated carbocycles. The van der Waals surface area contributed by atoms with Crippen LogP contribution in [0.4, 0.5) is 11.4 Å². The minimum Gasteiger partial charge on any atom is -0.324 e. The molecular formula is C14H11BN4O. The zero-order valence-electron chi connectivity index (χ0n) is 10.9. The lowest BCUT2D eigenvalue weighted by Crippen LogP contribution is -2.16. The Bertz CT molecular complexity index is 710. The van der Waals surface area contributed by atoms with E-state index in [4.69, 9.17) is 7.85 Å². The van der Waals surface area contributed by atoms with Crippen LogP contribution in [0.5, 0.6) is 0 Å². The first-order valence-corrected chi connectivity index (χ1v) is 6.19. The molecule has 0 bridgehead atoms. The summed E-state index contributed by atoms with van der Waals surface area (Å²) in [7, 11) is 5.72. The van der Waals surface area contributed by atoms with E-state index in [1.165, 1.54) is 0 Å². The third-order valence-electron chi connectivity index (χ3n) is 2.97. The highest BCUT2D eigenvalue weighted by Crippen LogP contribution is 2.27. The highest BCUT2D eigenvalue weighted by molar-refractivity contribution is 6.33. The number of aromatic nitrogens is 2. The van der Waals surface area contributed by atoms with Crippen LogP contribution in [0.25, 0.3) is 0 Å². The van der Waals surface area contributed by atoms with Crippen molar-refractivity contribution in [3.63, 3.8) is 0 Å². The van der Waals surface area contributed by atoms with Crippen molar-refractivity contribution in [3.05, 3.63) is 41.7 Å². The van der Waals surface area contributed by atoms with Crippen LogP contribution in [-0.4, -0.2) is 29.7 Å². The van der Waals surface area contributed by atoms with Crippen LogP contribution in [0.15, 0.2) is 35.3 Å². The number of hydrogen-bond donors (Lipinski definition) is 1. The van der Waals surface area contributed by atoms with Gasteiger partial charge in [0, 0.05) is 0 Å². The first kappa shape index (κ1) is 12.5. The van der Waals surface area contributed by atoms with Crippen LogP contribution in [0.2, 0.25) is 0 Å². The summed E-state index contributed by atoms with van der Waals surface area (Å²) in [5.41, 5.74) is 3.89. The van der Waals surface area contributed by atoms with Gasteiger partial charge >= 0.3 is 0 Å². The monoisotopic (exact) mass is 262 g/mol. The average Bonchev–Trinajstić information content (AvgIpc) is 2.57. The van der Waals surface area contributed by atoms with Crippen LogP contribution < -0.4 is 10.8 Å². The van der Waals surface area contributed by atoms with Gasteiger partial charge < -0.3 is 5.32 Å². The molecule has 0 saturated heterocycles. The third kappa shape index (κ3) is 2.45. The van der Waals surface area contributed by atoms with Crippen molar-refractivity contribution in [3.8, 4) is 0 Å². The minimum atomic E-state index is -0.143. The SMILES string of the molecule is [B]c1ccc2c(c1)NC(=O)CC(c1ccc(C)nn1)=N2. The Hall–Kier alpha value is -2.50. The van der Waals surface area contributed by atoms with Gasteiger partial charge in [-0.1, -0.05) is 11.5 Å². The number of hydrogen-bond acceptors (Lipinski definition) is 4. The van der Waals surface area contributed by atoms with Gasteiger partial charge in [0.05, 0.1) is 29.2 Å². The number of aryl methyl sites for hydroxylation is 1. The molecule has 0 unspecified atom stereocenters. The van der Waals surface area contributed by atoms with Gasteiger partial charge in [0.2, 0.25) is 5.91 Å². The Labute approximate surface area is 117 Å². The van der Waals surface area contributed by atoms with Crippen molar-refractivity contribution in [2.24, 2.45) is 4.99 Å². The number of fused-ring (bicyclic) bond motifs is 1. The largest absolute Gasteiger partial charge is 0.324 e. The molecule has 1 N–H and O–H groups in total. The van der Waals surface area contributed by atoms with Gasteiger partial charge in [-0.2, -0.15) is 5.10 Å². The average molecular weight is 262 g/mol. The maximum atomic E-state index is 11.9. The van der Waals surface area contributed by atoms with Crippen molar-refractivity contribution in [1.82, 2.24) is 10.2 Å². The molecule has 0 aliphatic carbocycles. The quantitative estimate of drug-likeness (QED) is 0.781. The van der Waals surface area contributed by atoms with E-state index >= 15 is 0 Å². The summed E-state index contributed by atoms with van der Waals surface area (Å²) in [4.78, 5) is 16.4. The smallest absolute Gasteiger partial charge is 0.230 e. The predicted molar refractivity (Wildman–Crippen MR) is 78.0 cm³/mol. The van der Waals surface area contributed by atoms with Crippen LogP contribution in [-0.2, 0) is 4.79 Å². The number of aliphatic imine (C=N–C) groups is 1. The van der Waals surface area contributed by atoms with Gasteiger partial charge in [-0.25, -0.2) is 4.99 Å². The second-order valence-corrected chi connectivity index (χ2v) is 4.62. The number of rotatable bonds is 1. The molecule has 1 aromatic heterocycles. The van der Waals surface area contributed by atoms with E-state index in [-0.39, 0.29) is 12.3 Å². The number of nitrogens with zero attached hydrogens (tertiary/aromatic N) is 3. The molecule has 1 aromatic carbocycles. The second-order valence-electron chi connectivity index (χ2n) is 4.62. The Morgan fingerprint density at radius 2 is 2.05 bits per heavy atom. The standard InChI is InChI=1S/C14H11BN4O/c1-8-2-4-11(19-18-8)13-7-14(20)17-12-6-9(15)3-5-10(12)16-13/h2-6H,7H2,1H3,(H,17,20). The van der Waals surface area contributed by atoms with Gasteiger partial charge in [-0.15, -0.1) is 5.10 Å². The van der Waals surface area contributed by atoms with Gasteiger partial charge in [0.15, 0.2) is 0 Å². The molecular weight excluding hydrogens is 251 g/mol. The van der Waals surface area contributed by atoms with E-state index in [9.17, 15) is 4.79 Å². The number of carbonyl (C=O) groups excluding carboxylic acids is 1. The van der Waals surface area contributed by atoms with Gasteiger partial charge in [0.1, 0.15) is 13.5 Å². The molecule has 5 nitrogen and oxygen atoms in total. The van der Waals surface area contributed by atoms with Crippen molar-refractivity contribution in [1.29, 1.82) is 0 Å². The number of anilines is 1. The van der Waals surface area contributed by atoms with Crippen molar-refractivity contribution < 1.29 is 4.79 Å². The Morgan fingerprint density at radius 1 is 1.20 bits per heavy atom. The Morgan fingerprint density at radius 3 is 2.80 bits per heavy atom. The molecule has 2 heterocycles. The summed E-state index contributed by atoms with van der Waals surface area (Å²) >= 11 is 0. The van der Waals surface area contributed by atoms with E-state index in [0.29, 0.717) is 28.2 Å². The van der Waals surface area contributed by atoms with Crippen LogP contribution in [0.3, 0.4) is 0 Å². The van der Waals surface area contributed by atoms with Crippen molar-refractivity contribution in [2.75, 3.05) is 5.32 Å². The third-order valence-corrected chi connectivity index (χ3v) is 2.97. The van der Waals surface area contributed by atoms with Crippen LogP contribution in [0.1, 0.15) is 17.8 Å². The number of amides is 1. The maximum Gasteiger partial charge on any atom is 0.230 e. The van der Waals surface area contributed by atoms with E-state index in [0.717, 1.165) is 5.69 Å². The molecule has 3 rings (SSSR count). The van der Waals surface area contributed by atoms with Crippen molar-refractivity contribution in [2.45, 2.75) is 13.3 Å². The van der Waals surface area contributed by atoms with E-state index in [2.05, 4.69) is 20.5 Å². The molecule has 1 amide bonds. The molecule has 20 heavy (non-hydrogen) atoms.